The molecular formula is C13H25N3O. The third-order valence-electron chi connectivity index (χ3n) is 2.99. The summed E-state index contributed by atoms with van der Waals surface area (Å²) in [7, 11) is 3.79. The fourth-order valence-corrected chi connectivity index (χ4v) is 1.87. The van der Waals surface area contributed by atoms with E-state index in [1.165, 1.54) is 18.7 Å². The zero-order valence-corrected chi connectivity index (χ0v) is 11.3. The Labute approximate surface area is 104 Å². The number of imidazole rings is 1. The van der Waals surface area contributed by atoms with Gasteiger partial charge in [-0.05, 0) is 25.3 Å². The van der Waals surface area contributed by atoms with Crippen LogP contribution in [0.5, 0.6) is 0 Å². The minimum absolute atomic E-state index is 0.715. The van der Waals surface area contributed by atoms with E-state index in [0.29, 0.717) is 5.92 Å². The fourth-order valence-electron chi connectivity index (χ4n) is 1.87. The number of methoxy groups -OCH3 is 1. The molecule has 4 nitrogen and oxygen atoms in total. The Morgan fingerprint density at radius 3 is 3.00 bits per heavy atom. The zero-order chi connectivity index (χ0) is 12.5. The molecule has 0 radical (unpaired) electrons. The highest BCUT2D eigenvalue weighted by Crippen LogP contribution is 2.08. The molecule has 0 aliphatic heterocycles. The van der Waals surface area contributed by atoms with Crippen molar-refractivity contribution in [2.24, 2.45) is 13.0 Å². The third kappa shape index (κ3) is 5.84. The Bertz CT molecular complexity index is 299. The maximum absolute atomic E-state index is 4.99. The molecule has 0 aliphatic carbocycles. The third-order valence-corrected chi connectivity index (χ3v) is 2.99. The smallest absolute Gasteiger partial charge is 0.108 e. The molecule has 1 aromatic heterocycles. The Morgan fingerprint density at radius 2 is 2.35 bits per heavy atom. The van der Waals surface area contributed by atoms with Crippen LogP contribution in [0.2, 0.25) is 0 Å². The van der Waals surface area contributed by atoms with Gasteiger partial charge in [0.05, 0.1) is 6.61 Å². The van der Waals surface area contributed by atoms with Crippen LogP contribution in [0.4, 0.5) is 0 Å². The van der Waals surface area contributed by atoms with Gasteiger partial charge in [-0.3, -0.25) is 0 Å². The standard InChI is InChI=1S/C13H25N3O/c1-12(11-14-8-10-17-3)5-4-6-13-15-7-9-16(13)2/h7,9,12,14H,4-6,8,10-11H2,1-3H3. The molecule has 0 saturated carbocycles. The Kier molecular flexibility index (Phi) is 6.89. The number of aromatic nitrogens is 2. The second-order valence-electron chi connectivity index (χ2n) is 4.65. The average molecular weight is 239 g/mol. The molecule has 0 saturated heterocycles. The Morgan fingerprint density at radius 1 is 1.53 bits per heavy atom. The van der Waals surface area contributed by atoms with Gasteiger partial charge >= 0.3 is 0 Å². The molecule has 0 aromatic carbocycles. The van der Waals surface area contributed by atoms with Crippen molar-refractivity contribution in [1.82, 2.24) is 14.9 Å². The first-order valence-electron chi connectivity index (χ1n) is 6.40. The van der Waals surface area contributed by atoms with Crippen molar-refractivity contribution in [3.05, 3.63) is 18.2 Å². The molecule has 1 rings (SSSR count). The maximum Gasteiger partial charge on any atom is 0.108 e. The molecule has 0 aliphatic rings. The van der Waals surface area contributed by atoms with Crippen molar-refractivity contribution in [1.29, 1.82) is 0 Å². The van der Waals surface area contributed by atoms with E-state index in [-0.39, 0.29) is 0 Å². The molecule has 0 amide bonds. The lowest BCUT2D eigenvalue weighted by Crippen LogP contribution is -2.24. The number of rotatable bonds is 9. The zero-order valence-electron chi connectivity index (χ0n) is 11.3. The van der Waals surface area contributed by atoms with E-state index in [1.807, 2.05) is 12.4 Å². The van der Waals surface area contributed by atoms with Gasteiger partial charge in [0.1, 0.15) is 5.82 Å². The minimum Gasteiger partial charge on any atom is -0.383 e. The van der Waals surface area contributed by atoms with Crippen molar-refractivity contribution < 1.29 is 4.74 Å². The molecule has 17 heavy (non-hydrogen) atoms. The van der Waals surface area contributed by atoms with Crippen LogP contribution in [-0.4, -0.2) is 36.4 Å². The van der Waals surface area contributed by atoms with Gasteiger partial charge in [-0.1, -0.05) is 6.92 Å². The summed E-state index contributed by atoms with van der Waals surface area (Å²) in [6.07, 6.45) is 7.40. The highest BCUT2D eigenvalue weighted by molar-refractivity contribution is 4.90. The van der Waals surface area contributed by atoms with Gasteiger partial charge in [0.2, 0.25) is 0 Å². The van der Waals surface area contributed by atoms with Crippen molar-refractivity contribution in [2.45, 2.75) is 26.2 Å². The van der Waals surface area contributed by atoms with Crippen LogP contribution in [-0.2, 0) is 18.2 Å². The molecule has 1 N–H and O–H groups in total. The van der Waals surface area contributed by atoms with E-state index in [4.69, 9.17) is 4.74 Å². The van der Waals surface area contributed by atoms with Crippen LogP contribution in [0.3, 0.4) is 0 Å². The van der Waals surface area contributed by atoms with Crippen LogP contribution in [0, 0.1) is 5.92 Å². The molecule has 4 heteroatoms. The summed E-state index contributed by atoms with van der Waals surface area (Å²) in [5.74, 6) is 1.90. The highest BCUT2D eigenvalue weighted by atomic mass is 16.5. The lowest BCUT2D eigenvalue weighted by molar-refractivity contribution is 0.198. The van der Waals surface area contributed by atoms with Crippen LogP contribution in [0.1, 0.15) is 25.6 Å². The molecule has 0 bridgehead atoms. The molecule has 1 heterocycles. The van der Waals surface area contributed by atoms with Crippen molar-refractivity contribution >= 4 is 0 Å². The quantitative estimate of drug-likeness (QED) is 0.666. The Hall–Kier alpha value is -0.870. The predicted molar refractivity (Wildman–Crippen MR) is 70.1 cm³/mol. The summed E-state index contributed by atoms with van der Waals surface area (Å²) in [4.78, 5) is 4.33. The summed E-state index contributed by atoms with van der Waals surface area (Å²) in [6, 6.07) is 0. The topological polar surface area (TPSA) is 39.1 Å². The number of ether oxygens (including phenoxy) is 1. The highest BCUT2D eigenvalue weighted by Gasteiger charge is 2.03. The monoisotopic (exact) mass is 239 g/mol. The maximum atomic E-state index is 4.99. The summed E-state index contributed by atoms with van der Waals surface area (Å²) in [6.45, 7) is 5.10. The van der Waals surface area contributed by atoms with E-state index in [1.54, 1.807) is 7.11 Å². The molecule has 0 fully saturated rings. The van der Waals surface area contributed by atoms with Gasteiger partial charge in [0, 0.05) is 39.5 Å². The van der Waals surface area contributed by atoms with Gasteiger partial charge in [0.15, 0.2) is 0 Å². The summed E-state index contributed by atoms with van der Waals surface area (Å²) < 4.78 is 7.09. The van der Waals surface area contributed by atoms with Crippen LogP contribution in [0.25, 0.3) is 0 Å². The summed E-state index contributed by atoms with van der Waals surface area (Å²) in [5.41, 5.74) is 0. The van der Waals surface area contributed by atoms with Gasteiger partial charge in [-0.2, -0.15) is 0 Å². The summed E-state index contributed by atoms with van der Waals surface area (Å²) in [5, 5.41) is 3.40. The number of hydrogen-bond donors (Lipinski definition) is 1. The molecule has 0 spiro atoms. The van der Waals surface area contributed by atoms with Crippen molar-refractivity contribution in [3.8, 4) is 0 Å². The van der Waals surface area contributed by atoms with E-state index >= 15 is 0 Å². The van der Waals surface area contributed by atoms with Crippen molar-refractivity contribution in [3.63, 3.8) is 0 Å². The second kappa shape index (κ2) is 8.25. The number of hydrogen-bond acceptors (Lipinski definition) is 3. The molecule has 98 valence electrons. The second-order valence-corrected chi connectivity index (χ2v) is 4.65. The van der Waals surface area contributed by atoms with Gasteiger partial charge in [0.25, 0.3) is 0 Å². The molecular weight excluding hydrogens is 214 g/mol. The van der Waals surface area contributed by atoms with Crippen molar-refractivity contribution in [2.75, 3.05) is 26.8 Å². The van der Waals surface area contributed by atoms with E-state index in [2.05, 4.69) is 28.8 Å². The van der Waals surface area contributed by atoms with Gasteiger partial charge < -0.3 is 14.6 Å². The molecule has 1 aromatic rings. The molecule has 1 atom stereocenters. The molecule has 1 unspecified atom stereocenters. The SMILES string of the molecule is COCCNCC(C)CCCc1nccn1C. The van der Waals surface area contributed by atoms with Gasteiger partial charge in [-0.15, -0.1) is 0 Å². The number of nitrogens with zero attached hydrogens (tertiary/aromatic N) is 2. The summed E-state index contributed by atoms with van der Waals surface area (Å²) >= 11 is 0. The lowest BCUT2D eigenvalue weighted by atomic mass is 10.0. The number of aryl methyl sites for hydroxylation is 2. The lowest BCUT2D eigenvalue weighted by Gasteiger charge is -2.12. The van der Waals surface area contributed by atoms with Crippen LogP contribution >= 0.6 is 0 Å². The van der Waals surface area contributed by atoms with E-state index in [0.717, 1.165) is 26.1 Å². The first-order chi connectivity index (χ1) is 8.24. The van der Waals surface area contributed by atoms with E-state index in [9.17, 15) is 0 Å². The van der Waals surface area contributed by atoms with Gasteiger partial charge in [-0.25, -0.2) is 4.98 Å². The van der Waals surface area contributed by atoms with Crippen LogP contribution in [0.15, 0.2) is 12.4 Å². The predicted octanol–water partition coefficient (Wildman–Crippen LogP) is 1.61. The largest absolute Gasteiger partial charge is 0.383 e. The Balaban J connectivity index is 2.04. The average Bonchev–Trinajstić information content (AvgIpc) is 2.71. The normalized spacial score (nSPS) is 12.9. The fraction of sp³-hybridized carbons (Fsp3) is 0.769. The minimum atomic E-state index is 0.715. The number of nitrogens with one attached hydrogen (secondary N) is 1. The van der Waals surface area contributed by atoms with E-state index < -0.39 is 0 Å². The first kappa shape index (κ1) is 14.2. The van der Waals surface area contributed by atoms with Crippen LogP contribution < -0.4 is 5.32 Å². The first-order valence-corrected chi connectivity index (χ1v) is 6.40.